The highest BCUT2D eigenvalue weighted by Crippen LogP contribution is 2.29. The molecule has 1 aliphatic rings. The van der Waals surface area contributed by atoms with Crippen molar-refractivity contribution in [3.63, 3.8) is 0 Å². The average molecular weight is 199 g/mol. The molecule has 0 spiro atoms. The van der Waals surface area contributed by atoms with Crippen LogP contribution in [0.15, 0.2) is 0 Å². The molecule has 13 heavy (non-hydrogen) atoms. The van der Waals surface area contributed by atoms with Crippen LogP contribution in [0, 0.1) is 5.92 Å². The summed E-state index contributed by atoms with van der Waals surface area (Å²) in [5, 5.41) is 18.4. The molecule has 0 unspecified atom stereocenters. The van der Waals surface area contributed by atoms with Crippen molar-refractivity contribution in [2.75, 3.05) is 0 Å². The fraction of sp³-hybridized carbons (Fsp3) is 0.750. The Morgan fingerprint density at radius 3 is 2.62 bits per heavy atom. The molecule has 1 aromatic rings. The van der Waals surface area contributed by atoms with Crippen molar-refractivity contribution in [1.29, 1.82) is 0 Å². The molecule has 0 bridgehead atoms. The molecule has 2 rings (SSSR count). The quantitative estimate of drug-likeness (QED) is 0.735. The molecule has 0 radical (unpaired) electrons. The molecule has 1 aliphatic carbocycles. The minimum atomic E-state index is 0.00183. The molecule has 72 valence electrons. The fourth-order valence-corrected chi connectivity index (χ4v) is 2.45. The van der Waals surface area contributed by atoms with Crippen molar-refractivity contribution in [1.82, 2.24) is 10.2 Å². The zero-order valence-corrected chi connectivity index (χ0v) is 8.13. The second kappa shape index (κ2) is 3.69. The zero-order chi connectivity index (χ0) is 9.26. The number of nitrogens with zero attached hydrogens (tertiary/aromatic N) is 2. The molecule has 0 amide bonds. The van der Waals surface area contributed by atoms with Gasteiger partial charge in [0.15, 0.2) is 0 Å². The first-order chi connectivity index (χ1) is 6.28. The average Bonchev–Trinajstić information content (AvgIpc) is 2.50. The van der Waals surface area contributed by atoms with Crippen LogP contribution in [0.5, 0.6) is 0 Å². The van der Waals surface area contributed by atoms with E-state index in [9.17, 15) is 0 Å². The maximum atomic E-state index is 8.79. The number of aliphatic hydroxyl groups is 1. The van der Waals surface area contributed by atoms with Crippen LogP contribution < -0.4 is 5.73 Å². The van der Waals surface area contributed by atoms with Gasteiger partial charge >= 0.3 is 0 Å². The van der Waals surface area contributed by atoms with Crippen LogP contribution in [0.3, 0.4) is 0 Å². The molecule has 3 N–H and O–H groups in total. The third kappa shape index (κ3) is 2.04. The summed E-state index contributed by atoms with van der Waals surface area (Å²) in [4.78, 5) is 0. The summed E-state index contributed by atoms with van der Waals surface area (Å²) in [6.07, 6.45) is 3.19. The molecule has 1 aromatic heterocycles. The van der Waals surface area contributed by atoms with Crippen molar-refractivity contribution in [3.05, 3.63) is 10.0 Å². The standard InChI is InChI=1S/C8H13N3OS/c9-6-1-5(2-6)3-7-10-11-8(4-12)13-7/h5-6,12H,1-4,9H2. The lowest BCUT2D eigenvalue weighted by molar-refractivity contribution is 0.264. The lowest BCUT2D eigenvalue weighted by Gasteiger charge is -2.31. The van der Waals surface area contributed by atoms with Gasteiger partial charge in [-0.15, -0.1) is 10.2 Å². The third-order valence-corrected chi connectivity index (χ3v) is 3.31. The number of nitrogens with two attached hydrogens (primary N) is 1. The Labute approximate surface area is 80.8 Å². The van der Waals surface area contributed by atoms with Crippen LogP contribution in [0.1, 0.15) is 22.9 Å². The van der Waals surface area contributed by atoms with Crippen LogP contribution in [0.4, 0.5) is 0 Å². The number of hydrogen-bond donors (Lipinski definition) is 2. The van der Waals surface area contributed by atoms with E-state index in [-0.39, 0.29) is 6.61 Å². The second-order valence-electron chi connectivity index (χ2n) is 3.55. The van der Waals surface area contributed by atoms with E-state index in [2.05, 4.69) is 10.2 Å². The van der Waals surface area contributed by atoms with Crippen LogP contribution in [0.2, 0.25) is 0 Å². The van der Waals surface area contributed by atoms with E-state index in [4.69, 9.17) is 10.8 Å². The van der Waals surface area contributed by atoms with Gasteiger partial charge in [-0.2, -0.15) is 0 Å². The Kier molecular flexibility index (Phi) is 2.57. The SMILES string of the molecule is NC1CC(Cc2nnc(CO)s2)C1. The maximum Gasteiger partial charge on any atom is 0.143 e. The van der Waals surface area contributed by atoms with Gasteiger partial charge in [-0.3, -0.25) is 0 Å². The molecule has 1 fully saturated rings. The molecule has 0 aliphatic heterocycles. The normalized spacial score (nSPS) is 27.2. The van der Waals surface area contributed by atoms with Gasteiger partial charge in [0.25, 0.3) is 0 Å². The molecular formula is C8H13N3OS. The van der Waals surface area contributed by atoms with E-state index in [0.717, 1.165) is 24.3 Å². The number of rotatable bonds is 3. The van der Waals surface area contributed by atoms with Crippen LogP contribution in [0.25, 0.3) is 0 Å². The predicted octanol–water partition coefficient (Wildman–Crippen LogP) is 0.310. The van der Waals surface area contributed by atoms with Gasteiger partial charge in [0.1, 0.15) is 10.0 Å². The van der Waals surface area contributed by atoms with Gasteiger partial charge in [-0.05, 0) is 18.8 Å². The third-order valence-electron chi connectivity index (χ3n) is 2.38. The summed E-state index contributed by atoms with van der Waals surface area (Å²) in [5.41, 5.74) is 5.68. The Morgan fingerprint density at radius 1 is 1.38 bits per heavy atom. The van der Waals surface area contributed by atoms with Gasteiger partial charge in [0.05, 0.1) is 6.61 Å². The van der Waals surface area contributed by atoms with Gasteiger partial charge in [0.2, 0.25) is 0 Å². The highest BCUT2D eigenvalue weighted by molar-refractivity contribution is 7.11. The lowest BCUT2D eigenvalue weighted by Crippen LogP contribution is -2.37. The summed E-state index contributed by atoms with van der Waals surface area (Å²) in [6.45, 7) is 0.00183. The molecule has 0 saturated heterocycles. The van der Waals surface area contributed by atoms with Crippen molar-refractivity contribution in [2.24, 2.45) is 11.7 Å². The van der Waals surface area contributed by atoms with Crippen molar-refractivity contribution >= 4 is 11.3 Å². The smallest absolute Gasteiger partial charge is 0.143 e. The number of hydrogen-bond acceptors (Lipinski definition) is 5. The molecule has 0 aromatic carbocycles. The summed E-state index contributed by atoms with van der Waals surface area (Å²) in [6, 6.07) is 0.398. The van der Waals surface area contributed by atoms with Crippen molar-refractivity contribution < 1.29 is 5.11 Å². The molecule has 1 saturated carbocycles. The monoisotopic (exact) mass is 199 g/mol. The largest absolute Gasteiger partial charge is 0.389 e. The first kappa shape index (κ1) is 9.05. The molecule has 0 atom stereocenters. The van der Waals surface area contributed by atoms with Crippen LogP contribution in [-0.2, 0) is 13.0 Å². The van der Waals surface area contributed by atoms with Gasteiger partial charge in [-0.1, -0.05) is 11.3 Å². The van der Waals surface area contributed by atoms with Crippen LogP contribution >= 0.6 is 11.3 Å². The van der Waals surface area contributed by atoms with Crippen molar-refractivity contribution in [2.45, 2.75) is 31.9 Å². The Balaban J connectivity index is 1.87. The molecular weight excluding hydrogens is 186 g/mol. The Hall–Kier alpha value is -0.520. The minimum absolute atomic E-state index is 0.00183. The molecule has 4 nitrogen and oxygen atoms in total. The maximum absolute atomic E-state index is 8.79. The lowest BCUT2D eigenvalue weighted by atomic mass is 9.79. The first-order valence-electron chi connectivity index (χ1n) is 4.45. The highest BCUT2D eigenvalue weighted by Gasteiger charge is 2.26. The van der Waals surface area contributed by atoms with Gasteiger partial charge in [-0.25, -0.2) is 0 Å². The van der Waals surface area contributed by atoms with E-state index >= 15 is 0 Å². The highest BCUT2D eigenvalue weighted by atomic mass is 32.1. The number of aliphatic hydroxyl groups excluding tert-OH is 1. The van der Waals surface area contributed by atoms with Crippen molar-refractivity contribution in [3.8, 4) is 0 Å². The summed E-state index contributed by atoms with van der Waals surface area (Å²) in [7, 11) is 0. The summed E-state index contributed by atoms with van der Waals surface area (Å²) in [5.74, 6) is 0.689. The minimum Gasteiger partial charge on any atom is -0.389 e. The second-order valence-corrected chi connectivity index (χ2v) is 4.70. The van der Waals surface area contributed by atoms with Crippen LogP contribution in [-0.4, -0.2) is 21.3 Å². The summed E-state index contributed by atoms with van der Waals surface area (Å²) >= 11 is 1.50. The van der Waals surface area contributed by atoms with E-state index < -0.39 is 0 Å². The zero-order valence-electron chi connectivity index (χ0n) is 7.31. The first-order valence-corrected chi connectivity index (χ1v) is 5.27. The van der Waals surface area contributed by atoms with E-state index in [1.54, 1.807) is 0 Å². The Morgan fingerprint density at radius 2 is 2.08 bits per heavy atom. The van der Waals surface area contributed by atoms with E-state index in [1.165, 1.54) is 11.3 Å². The van der Waals surface area contributed by atoms with Gasteiger partial charge in [0, 0.05) is 12.5 Å². The Bertz CT molecular complexity index is 283. The number of aromatic nitrogens is 2. The molecule has 5 heteroatoms. The van der Waals surface area contributed by atoms with Gasteiger partial charge < -0.3 is 10.8 Å². The summed E-state index contributed by atoms with van der Waals surface area (Å²) < 4.78 is 0. The predicted molar refractivity (Wildman–Crippen MR) is 50.2 cm³/mol. The van der Waals surface area contributed by atoms with E-state index in [0.29, 0.717) is 17.0 Å². The fourth-order valence-electron chi connectivity index (χ4n) is 1.64. The molecule has 1 heterocycles. The topological polar surface area (TPSA) is 72.0 Å². The van der Waals surface area contributed by atoms with E-state index in [1.807, 2.05) is 0 Å².